The Balaban J connectivity index is 1.79. The van der Waals surface area contributed by atoms with E-state index >= 15 is 0 Å². The van der Waals surface area contributed by atoms with Crippen LogP contribution in [-0.4, -0.2) is 49.2 Å². The maximum Gasteiger partial charge on any atom is 0.407 e. The highest BCUT2D eigenvalue weighted by atomic mass is 32.2. The number of nitrogens with one attached hydrogen (secondary N) is 1. The van der Waals surface area contributed by atoms with Crippen LogP contribution in [0.15, 0.2) is 82.5 Å². The summed E-state index contributed by atoms with van der Waals surface area (Å²) in [7, 11) is -3.92. The van der Waals surface area contributed by atoms with Crippen molar-refractivity contribution in [1.82, 2.24) is 9.62 Å². The minimum absolute atomic E-state index is 0.00112. The van der Waals surface area contributed by atoms with Crippen LogP contribution in [0.4, 0.5) is 10.5 Å². The lowest BCUT2D eigenvalue weighted by Gasteiger charge is -2.30. The Hall–Kier alpha value is -3.34. The first kappa shape index (κ1) is 27.3. The summed E-state index contributed by atoms with van der Waals surface area (Å²) < 4.78 is 38.3. The molecule has 36 heavy (non-hydrogen) atoms. The van der Waals surface area contributed by atoms with E-state index in [0.29, 0.717) is 11.3 Å². The molecule has 1 unspecified atom stereocenters. The Morgan fingerprint density at radius 3 is 2.36 bits per heavy atom. The number of hydrogen-bond donors (Lipinski definition) is 3. The second-order valence-corrected chi connectivity index (χ2v) is 10.9. The molecule has 0 fully saturated rings. The Morgan fingerprint density at radius 1 is 1.06 bits per heavy atom. The summed E-state index contributed by atoms with van der Waals surface area (Å²) >= 11 is 0. The van der Waals surface area contributed by atoms with Crippen molar-refractivity contribution in [2.24, 2.45) is 5.92 Å². The molecule has 10 heteroatoms. The third kappa shape index (κ3) is 7.84. The normalized spacial score (nSPS) is 13.5. The summed E-state index contributed by atoms with van der Waals surface area (Å²) in [5, 5.41) is 13.9. The van der Waals surface area contributed by atoms with E-state index < -0.39 is 28.3 Å². The summed E-state index contributed by atoms with van der Waals surface area (Å²) in [6.07, 6.45) is 1.28. The van der Waals surface area contributed by atoms with Crippen LogP contribution >= 0.6 is 0 Å². The summed E-state index contributed by atoms with van der Waals surface area (Å²) in [6, 6.07) is 16.1. The number of rotatable bonds is 12. The van der Waals surface area contributed by atoms with Crippen molar-refractivity contribution in [3.05, 3.63) is 84.3 Å². The fourth-order valence-electron chi connectivity index (χ4n) is 3.67. The Labute approximate surface area is 211 Å². The van der Waals surface area contributed by atoms with Gasteiger partial charge in [-0.15, -0.1) is 0 Å². The van der Waals surface area contributed by atoms with Gasteiger partial charge in [0.15, 0.2) is 0 Å². The molecule has 1 amide bonds. The van der Waals surface area contributed by atoms with Gasteiger partial charge < -0.3 is 25.3 Å². The van der Waals surface area contributed by atoms with Gasteiger partial charge >= 0.3 is 6.09 Å². The van der Waals surface area contributed by atoms with Crippen LogP contribution in [0.5, 0.6) is 0 Å². The summed E-state index contributed by atoms with van der Waals surface area (Å²) in [5.74, 6) is 0.00112. The molecule has 0 saturated heterocycles. The molecule has 2 atom stereocenters. The largest absolute Gasteiger partial charge is 0.472 e. The predicted molar refractivity (Wildman–Crippen MR) is 136 cm³/mol. The zero-order chi connectivity index (χ0) is 26.1. The average Bonchev–Trinajstić information content (AvgIpc) is 3.36. The Kier molecular flexibility index (Phi) is 9.51. The van der Waals surface area contributed by atoms with Crippen LogP contribution in [0.1, 0.15) is 25.0 Å². The van der Waals surface area contributed by atoms with Crippen LogP contribution in [0.2, 0.25) is 0 Å². The van der Waals surface area contributed by atoms with Crippen LogP contribution in [0, 0.1) is 5.92 Å². The highest BCUT2D eigenvalue weighted by molar-refractivity contribution is 7.89. The van der Waals surface area contributed by atoms with E-state index in [1.807, 2.05) is 44.2 Å². The molecule has 2 aromatic carbocycles. The van der Waals surface area contributed by atoms with E-state index in [9.17, 15) is 18.3 Å². The molecule has 1 aromatic heterocycles. The van der Waals surface area contributed by atoms with Crippen LogP contribution in [0.3, 0.4) is 0 Å². The van der Waals surface area contributed by atoms with Gasteiger partial charge in [0.05, 0.1) is 29.6 Å². The lowest BCUT2D eigenvalue weighted by Crippen LogP contribution is -2.51. The zero-order valence-electron chi connectivity index (χ0n) is 20.4. The number of aliphatic hydroxyl groups excluding tert-OH is 1. The third-order valence-corrected chi connectivity index (χ3v) is 7.34. The number of carbonyl (C=O) groups excluding carboxylic acids is 1. The van der Waals surface area contributed by atoms with Crippen molar-refractivity contribution in [2.45, 2.75) is 43.9 Å². The molecule has 0 bridgehead atoms. The first-order valence-electron chi connectivity index (χ1n) is 11.7. The number of nitrogen functional groups attached to an aromatic ring is 1. The maximum atomic E-state index is 13.4. The number of aliphatic hydroxyl groups is 1. The summed E-state index contributed by atoms with van der Waals surface area (Å²) in [5.41, 5.74) is 7.72. The molecular weight excluding hydrogens is 482 g/mol. The number of benzene rings is 2. The molecule has 194 valence electrons. The standard InChI is InChI=1S/C26H33N3O6S/c1-19(2)15-29(36(32,33)23-10-8-22(27)9-11-23)16-25(30)24(14-20-6-4-3-5-7-20)28-26(31)35-18-21-12-13-34-17-21/h3-13,17,19,24-25,30H,14-16,18,27H2,1-2H3,(H,28,31)/t24?,25-/m1/s1. The van der Waals surface area contributed by atoms with Gasteiger partial charge in [0.1, 0.15) is 6.61 Å². The highest BCUT2D eigenvalue weighted by Crippen LogP contribution is 2.20. The molecule has 4 N–H and O–H groups in total. The number of nitrogens with two attached hydrogens (primary N) is 1. The first-order chi connectivity index (χ1) is 17.1. The lowest BCUT2D eigenvalue weighted by atomic mass is 10.0. The monoisotopic (exact) mass is 515 g/mol. The van der Waals surface area contributed by atoms with Crippen molar-refractivity contribution in [3.8, 4) is 0 Å². The highest BCUT2D eigenvalue weighted by Gasteiger charge is 2.31. The molecule has 0 saturated carbocycles. The maximum absolute atomic E-state index is 13.4. The number of alkyl carbamates (subject to hydrolysis) is 1. The van der Waals surface area contributed by atoms with Crippen molar-refractivity contribution in [2.75, 3.05) is 18.8 Å². The minimum Gasteiger partial charge on any atom is -0.472 e. The number of carbonyl (C=O) groups is 1. The van der Waals surface area contributed by atoms with E-state index in [0.717, 1.165) is 5.56 Å². The smallest absolute Gasteiger partial charge is 0.407 e. The van der Waals surface area contributed by atoms with Gasteiger partial charge in [0.2, 0.25) is 10.0 Å². The van der Waals surface area contributed by atoms with Gasteiger partial charge in [-0.3, -0.25) is 0 Å². The number of furan rings is 1. The summed E-state index contributed by atoms with van der Waals surface area (Å²) in [6.45, 7) is 3.76. The molecule has 0 spiro atoms. The van der Waals surface area contributed by atoms with Crippen molar-refractivity contribution < 1.29 is 27.5 Å². The molecule has 0 radical (unpaired) electrons. The SMILES string of the molecule is CC(C)CN(C[C@@H](O)C(Cc1ccccc1)NC(=O)OCc1ccoc1)S(=O)(=O)c1ccc(N)cc1. The molecular formula is C26H33N3O6S. The Bertz CT molecular complexity index is 1180. The van der Waals surface area contributed by atoms with Crippen LogP contribution < -0.4 is 11.1 Å². The van der Waals surface area contributed by atoms with Crippen molar-refractivity contribution in [3.63, 3.8) is 0 Å². The topological polar surface area (TPSA) is 135 Å². The number of ether oxygens (including phenoxy) is 1. The number of hydrogen-bond acceptors (Lipinski definition) is 7. The van der Waals surface area contributed by atoms with Crippen LogP contribution in [-0.2, 0) is 27.8 Å². The number of amides is 1. The van der Waals surface area contributed by atoms with E-state index in [1.165, 1.54) is 41.1 Å². The third-order valence-electron chi connectivity index (χ3n) is 5.49. The van der Waals surface area contributed by atoms with Crippen molar-refractivity contribution in [1.29, 1.82) is 0 Å². The predicted octanol–water partition coefficient (Wildman–Crippen LogP) is 3.41. The average molecular weight is 516 g/mol. The van der Waals surface area contributed by atoms with Gasteiger partial charge in [0.25, 0.3) is 0 Å². The second kappa shape index (κ2) is 12.6. The van der Waals surface area contributed by atoms with E-state index in [4.69, 9.17) is 14.9 Å². The van der Waals surface area contributed by atoms with Crippen LogP contribution in [0.25, 0.3) is 0 Å². The van der Waals surface area contributed by atoms with E-state index in [2.05, 4.69) is 5.32 Å². The number of sulfonamides is 1. The number of nitrogens with zero attached hydrogens (tertiary/aromatic N) is 1. The number of anilines is 1. The van der Waals surface area contributed by atoms with Gasteiger partial charge in [0, 0.05) is 24.3 Å². The van der Waals surface area contributed by atoms with E-state index in [-0.39, 0.29) is 36.9 Å². The molecule has 3 rings (SSSR count). The fourth-order valence-corrected chi connectivity index (χ4v) is 5.29. The molecule has 0 aliphatic rings. The first-order valence-corrected chi connectivity index (χ1v) is 13.1. The lowest BCUT2D eigenvalue weighted by molar-refractivity contribution is 0.0873. The molecule has 1 heterocycles. The van der Waals surface area contributed by atoms with Gasteiger partial charge in [-0.2, -0.15) is 4.31 Å². The molecule has 0 aliphatic heterocycles. The minimum atomic E-state index is -3.92. The van der Waals surface area contributed by atoms with Gasteiger partial charge in [-0.05, 0) is 48.2 Å². The molecule has 9 nitrogen and oxygen atoms in total. The fraction of sp³-hybridized carbons (Fsp3) is 0.346. The van der Waals surface area contributed by atoms with E-state index in [1.54, 1.807) is 6.07 Å². The molecule has 0 aliphatic carbocycles. The molecule has 3 aromatic rings. The zero-order valence-corrected chi connectivity index (χ0v) is 21.2. The van der Waals surface area contributed by atoms with Gasteiger partial charge in [-0.1, -0.05) is 44.2 Å². The van der Waals surface area contributed by atoms with Gasteiger partial charge in [-0.25, -0.2) is 13.2 Å². The summed E-state index contributed by atoms with van der Waals surface area (Å²) in [4.78, 5) is 12.6. The quantitative estimate of drug-likeness (QED) is 0.315. The second-order valence-electron chi connectivity index (χ2n) is 9.00. The van der Waals surface area contributed by atoms with Crippen molar-refractivity contribution >= 4 is 21.8 Å². The Morgan fingerprint density at radius 2 is 1.75 bits per heavy atom.